The van der Waals surface area contributed by atoms with E-state index in [1.54, 1.807) is 22.9 Å². The van der Waals surface area contributed by atoms with Crippen molar-refractivity contribution >= 4 is 73.0 Å². The number of aliphatic hydroxyl groups is 8. The summed E-state index contributed by atoms with van der Waals surface area (Å²) < 4.78 is 121. The number of imide groups is 1. The van der Waals surface area contributed by atoms with E-state index in [1.165, 1.54) is 72.5 Å². The number of aromatic amines is 1. The largest absolute Gasteiger partial charge is 0.501 e. The third kappa shape index (κ3) is 22.7. The number of halogens is 1. The molecule has 6 heterocycles. The number of amides is 4. The molecular formula is C71H92ClN7O30S. The Morgan fingerprint density at radius 2 is 1.15 bits per heavy atom. The number of nitrogens with zero attached hydrogens (tertiary/aromatic N) is 6. The van der Waals surface area contributed by atoms with Gasteiger partial charge in [-0.3, -0.25) is 24.1 Å². The van der Waals surface area contributed by atoms with Crippen molar-refractivity contribution in [1.29, 1.82) is 0 Å². The number of hydrogen-bond donors (Lipinski definition) is 9. The number of hydrogen-bond acceptors (Lipinski definition) is 32. The number of anilines is 1. The van der Waals surface area contributed by atoms with Crippen LogP contribution in [0.5, 0.6) is 28.7 Å². The highest BCUT2D eigenvalue weighted by molar-refractivity contribution is 7.82. The molecule has 0 spiro atoms. The highest BCUT2D eigenvalue weighted by atomic mass is 35.5. The topological polar surface area (TPSA) is 468 Å². The van der Waals surface area contributed by atoms with E-state index in [1.807, 2.05) is 6.20 Å². The molecule has 9 N–H and O–H groups in total. The summed E-state index contributed by atoms with van der Waals surface area (Å²) in [6.45, 7) is 5.18. The van der Waals surface area contributed by atoms with Crippen molar-refractivity contribution in [2.75, 3.05) is 177 Å². The number of methoxy groups -OCH3 is 1. The van der Waals surface area contributed by atoms with Gasteiger partial charge in [0.2, 0.25) is 12.6 Å². The second-order valence-electron chi connectivity index (χ2n) is 25.4. The predicted molar refractivity (Wildman–Crippen MR) is 383 cm³/mol. The number of nitrogens with one attached hydrogen (secondary N) is 1. The maximum atomic E-state index is 14.8. The number of fused-ring (bicyclic) bond motifs is 4. The zero-order valence-corrected chi connectivity index (χ0v) is 61.9. The van der Waals surface area contributed by atoms with Gasteiger partial charge >= 0.3 is 10.4 Å². The van der Waals surface area contributed by atoms with Gasteiger partial charge in [0.25, 0.3) is 23.6 Å². The normalized spacial score (nSPS) is 22.0. The standard InChI is InChI=1S/C71H92ClN7O30S/c1-76(12-16-96-20-24-100-25-21-97-17-13-77-40-46(74-75-77)11-15-95-19-23-99-27-29-102-31-32-103-30-28-101-26-22-98-18-14-78-59(82)9-10-60(78)83)68(90)43-3-8-54(105-71-67(89)65(87)63(85)58(42-81)107-71)56(35-43)109-110(92,93)108-55-37-53-61(50-36-47(94-2)4-6-49(50)55)45(38-72)39-79(53)69(91)52-34-44-33-48(5-7-51(44)73-52)104-70-66(88)64(86)62(84)57(41-80)106-70/h3-10,33-37,40,45,57-58,62-67,70-71,73,80-81,84-89H,11-32,38-39,41-42H2,1-2H3/t45-,57-,58-,62+,63+,64+,65+,66-,67?,70?,71-/m1/s1. The fourth-order valence-electron chi connectivity index (χ4n) is 12.0. The van der Waals surface area contributed by atoms with Gasteiger partial charge in [-0.15, -0.1) is 25.1 Å². The molecule has 39 heteroatoms. The summed E-state index contributed by atoms with van der Waals surface area (Å²) >= 11 is 6.63. The first-order valence-corrected chi connectivity index (χ1v) is 37.3. The van der Waals surface area contributed by atoms with E-state index in [9.17, 15) is 68.4 Å². The molecule has 0 radical (unpaired) electrons. The average Bonchev–Trinajstić information content (AvgIpc) is 1.55. The number of rotatable bonds is 47. The summed E-state index contributed by atoms with van der Waals surface area (Å²) in [7, 11) is -2.44. The van der Waals surface area contributed by atoms with E-state index in [0.717, 1.165) is 22.7 Å². The van der Waals surface area contributed by atoms with Crippen molar-refractivity contribution in [3.63, 3.8) is 0 Å². The second-order valence-corrected chi connectivity index (χ2v) is 26.9. The van der Waals surface area contributed by atoms with Crippen molar-refractivity contribution in [3.05, 3.63) is 108 Å². The van der Waals surface area contributed by atoms with Gasteiger partial charge in [-0.1, -0.05) is 5.21 Å². The predicted octanol–water partition coefficient (Wildman–Crippen LogP) is -0.647. The number of aliphatic hydroxyl groups excluding tert-OH is 8. The Morgan fingerprint density at radius 1 is 0.600 bits per heavy atom. The first-order valence-electron chi connectivity index (χ1n) is 35.4. The number of alkyl halides is 1. The summed E-state index contributed by atoms with van der Waals surface area (Å²) in [5.41, 5.74) is 1.90. The SMILES string of the molecule is COc1ccc2c(OS(=O)(=O)Oc3cc(C(=O)N(C)CCOCCOCCOCCn4cc(CCOCCOCCOCCOCCOCCOCCN5C(=O)C=CC5=O)nn4)ccc3O[C@@H]3O[C@H](CO)[C@H](O)[C@H](O)C3O)cc3c(c2c1)[C@H](CCl)CN3C(=O)c1cc2cc(OC3O[C@H](CO)[C@H](O)[C@H](O)[C@H]3O)ccc2[nH]1. The van der Waals surface area contributed by atoms with Gasteiger partial charge in [0.15, 0.2) is 17.2 Å². The van der Waals surface area contributed by atoms with Gasteiger partial charge in [0.05, 0.1) is 164 Å². The molecule has 4 aromatic carbocycles. The van der Waals surface area contributed by atoms with Crippen molar-refractivity contribution in [2.24, 2.45) is 0 Å². The van der Waals surface area contributed by atoms with E-state index in [-0.39, 0.29) is 104 Å². The molecule has 10 rings (SSSR count). The third-order valence-corrected chi connectivity index (χ3v) is 19.0. The minimum Gasteiger partial charge on any atom is -0.497 e. The first kappa shape index (κ1) is 84.6. The van der Waals surface area contributed by atoms with Gasteiger partial charge in [0.1, 0.15) is 66.0 Å². The summed E-state index contributed by atoms with van der Waals surface area (Å²) in [5, 5.41) is 92.2. The quantitative estimate of drug-likeness (QED) is 0.0130. The summed E-state index contributed by atoms with van der Waals surface area (Å²) in [4.78, 5) is 58.7. The molecule has 0 bridgehead atoms. The van der Waals surface area contributed by atoms with Crippen molar-refractivity contribution in [2.45, 2.75) is 80.3 Å². The number of aromatic nitrogens is 4. The van der Waals surface area contributed by atoms with Gasteiger partial charge in [-0.05, 0) is 71.6 Å². The molecular weight excluding hydrogens is 1500 g/mol. The molecule has 4 amide bonds. The van der Waals surface area contributed by atoms with Crippen LogP contribution >= 0.6 is 11.6 Å². The van der Waals surface area contributed by atoms with Crippen LogP contribution in [0, 0.1) is 0 Å². The van der Waals surface area contributed by atoms with Crippen molar-refractivity contribution in [1.82, 2.24) is 29.8 Å². The minimum atomic E-state index is -5.34. The molecule has 2 fully saturated rings. The van der Waals surface area contributed by atoms with E-state index >= 15 is 0 Å². The molecule has 2 aromatic heterocycles. The summed E-state index contributed by atoms with van der Waals surface area (Å²) in [6.07, 6.45) is -11.8. The molecule has 4 aliphatic rings. The molecule has 6 aromatic rings. The highest BCUT2D eigenvalue weighted by Gasteiger charge is 2.47. The van der Waals surface area contributed by atoms with Gasteiger partial charge in [-0.25, -0.2) is 4.68 Å². The molecule has 0 aliphatic carbocycles. The molecule has 604 valence electrons. The fraction of sp³-hybridized carbons (Fsp3) is 0.549. The van der Waals surface area contributed by atoms with Crippen LogP contribution in [0.2, 0.25) is 0 Å². The zero-order valence-electron chi connectivity index (χ0n) is 60.3. The van der Waals surface area contributed by atoms with Gasteiger partial charge < -0.3 is 130 Å². The lowest BCUT2D eigenvalue weighted by Gasteiger charge is -2.39. The minimum absolute atomic E-state index is 0.00440. The number of carbonyl (C=O) groups is 4. The lowest BCUT2D eigenvalue weighted by Crippen LogP contribution is -2.60. The summed E-state index contributed by atoms with van der Waals surface area (Å²) in [5.74, 6) is -3.42. The van der Waals surface area contributed by atoms with Crippen LogP contribution in [0.3, 0.4) is 0 Å². The lowest BCUT2D eigenvalue weighted by atomic mass is 9.95. The molecule has 37 nitrogen and oxygen atoms in total. The van der Waals surface area contributed by atoms with Gasteiger partial charge in [0, 0.05) is 84.6 Å². The molecule has 4 aliphatic heterocycles. The molecule has 110 heavy (non-hydrogen) atoms. The number of ether oxygens (including phenoxy) is 14. The number of benzene rings is 4. The maximum Gasteiger partial charge on any atom is 0.501 e. The Morgan fingerprint density at radius 3 is 1.73 bits per heavy atom. The van der Waals surface area contributed by atoms with Crippen LogP contribution in [0.4, 0.5) is 5.69 Å². The maximum absolute atomic E-state index is 14.8. The van der Waals surface area contributed by atoms with Gasteiger partial charge in [-0.2, -0.15) is 0 Å². The molecule has 0 saturated carbocycles. The van der Waals surface area contributed by atoms with Crippen LogP contribution in [-0.2, 0) is 85.1 Å². The lowest BCUT2D eigenvalue weighted by molar-refractivity contribution is -0.277. The Labute approximate surface area is 636 Å². The molecule has 2 saturated heterocycles. The van der Waals surface area contributed by atoms with E-state index in [0.29, 0.717) is 126 Å². The fourth-order valence-corrected chi connectivity index (χ4v) is 13.0. The number of likely N-dealkylation sites (N-methyl/N-ethyl adjacent to an activating group) is 1. The Balaban J connectivity index is 0.652. The van der Waals surface area contributed by atoms with Crippen molar-refractivity contribution < 1.29 is 143 Å². The smallest absolute Gasteiger partial charge is 0.497 e. The number of H-pyrrole nitrogens is 1. The average molecular weight is 1590 g/mol. The van der Waals surface area contributed by atoms with Crippen LogP contribution in [-0.4, -0.2) is 336 Å². The number of carbonyl (C=O) groups excluding carboxylic acids is 4. The van der Waals surface area contributed by atoms with Crippen LogP contribution in [0.1, 0.15) is 38.0 Å². The second kappa shape index (κ2) is 41.6. The van der Waals surface area contributed by atoms with Crippen LogP contribution in [0.15, 0.2) is 85.1 Å². The first-order chi connectivity index (χ1) is 53.2. The van der Waals surface area contributed by atoms with Crippen LogP contribution < -0.4 is 27.5 Å². The summed E-state index contributed by atoms with van der Waals surface area (Å²) in [6, 6.07) is 15.6. The molecule has 2 unspecified atom stereocenters. The van der Waals surface area contributed by atoms with E-state index < -0.39 is 114 Å². The third-order valence-electron chi connectivity index (χ3n) is 17.9. The highest BCUT2D eigenvalue weighted by Crippen LogP contribution is 2.48. The van der Waals surface area contributed by atoms with E-state index in [4.69, 9.17) is 86.3 Å². The molecule has 11 atom stereocenters. The van der Waals surface area contributed by atoms with Crippen LogP contribution in [0.25, 0.3) is 21.7 Å². The Bertz CT molecular complexity index is 4120. The Kier molecular flexibility index (Phi) is 32.0. The Hall–Kier alpha value is -7.88. The zero-order chi connectivity index (χ0) is 78.3. The monoisotopic (exact) mass is 1590 g/mol. The van der Waals surface area contributed by atoms with E-state index in [2.05, 4.69) is 15.3 Å². The van der Waals surface area contributed by atoms with Crippen molar-refractivity contribution in [3.8, 4) is 28.7 Å².